The summed E-state index contributed by atoms with van der Waals surface area (Å²) in [5, 5.41) is 2.70. The predicted molar refractivity (Wildman–Crippen MR) is 67.4 cm³/mol. The average molecular weight is 243 g/mol. The number of rotatable bonds is 4. The van der Waals surface area contributed by atoms with E-state index in [1.807, 2.05) is 24.3 Å². The SMILES string of the molecule is COc1ccc(CC(=O)Nc2ccncn2)cc1. The number of hydrogen-bond acceptors (Lipinski definition) is 4. The molecule has 0 bridgehead atoms. The molecule has 2 aromatic rings. The minimum absolute atomic E-state index is 0.112. The summed E-state index contributed by atoms with van der Waals surface area (Å²) in [5.74, 6) is 1.16. The van der Waals surface area contributed by atoms with E-state index in [-0.39, 0.29) is 5.91 Å². The normalized spacial score (nSPS) is 9.83. The molecule has 0 saturated heterocycles. The third-order valence-corrected chi connectivity index (χ3v) is 2.37. The molecule has 0 radical (unpaired) electrons. The van der Waals surface area contributed by atoms with Gasteiger partial charge in [0.05, 0.1) is 13.5 Å². The van der Waals surface area contributed by atoms with Gasteiger partial charge in [0.25, 0.3) is 0 Å². The highest BCUT2D eigenvalue weighted by atomic mass is 16.5. The van der Waals surface area contributed by atoms with Crippen LogP contribution in [-0.4, -0.2) is 23.0 Å². The van der Waals surface area contributed by atoms with Crippen molar-refractivity contribution < 1.29 is 9.53 Å². The van der Waals surface area contributed by atoms with E-state index >= 15 is 0 Å². The van der Waals surface area contributed by atoms with Crippen LogP contribution in [-0.2, 0) is 11.2 Å². The molecule has 0 unspecified atom stereocenters. The lowest BCUT2D eigenvalue weighted by molar-refractivity contribution is -0.115. The summed E-state index contributed by atoms with van der Waals surface area (Å²) < 4.78 is 5.05. The topological polar surface area (TPSA) is 64.1 Å². The summed E-state index contributed by atoms with van der Waals surface area (Å²) >= 11 is 0. The van der Waals surface area contributed by atoms with Crippen LogP contribution in [0, 0.1) is 0 Å². The molecule has 1 aromatic heterocycles. The van der Waals surface area contributed by atoms with Crippen LogP contribution in [0.25, 0.3) is 0 Å². The van der Waals surface area contributed by atoms with Crippen LogP contribution in [0.15, 0.2) is 42.9 Å². The number of nitrogens with zero attached hydrogens (tertiary/aromatic N) is 2. The molecular weight excluding hydrogens is 230 g/mol. The number of nitrogens with one attached hydrogen (secondary N) is 1. The maximum atomic E-state index is 11.7. The molecule has 0 aliphatic carbocycles. The number of carbonyl (C=O) groups is 1. The van der Waals surface area contributed by atoms with Crippen LogP contribution in [0.3, 0.4) is 0 Å². The number of carbonyl (C=O) groups excluding carboxylic acids is 1. The van der Waals surface area contributed by atoms with Crippen molar-refractivity contribution in [3.8, 4) is 5.75 Å². The minimum atomic E-state index is -0.112. The predicted octanol–water partition coefficient (Wildman–Crippen LogP) is 1.67. The monoisotopic (exact) mass is 243 g/mol. The number of ether oxygens (including phenoxy) is 1. The van der Waals surface area contributed by atoms with E-state index in [4.69, 9.17) is 4.74 Å². The molecular formula is C13H13N3O2. The van der Waals surface area contributed by atoms with Crippen LogP contribution < -0.4 is 10.1 Å². The molecule has 1 heterocycles. The van der Waals surface area contributed by atoms with Crippen LogP contribution in [0.1, 0.15) is 5.56 Å². The van der Waals surface area contributed by atoms with E-state index < -0.39 is 0 Å². The second kappa shape index (κ2) is 5.77. The van der Waals surface area contributed by atoms with Crippen LogP contribution in [0.4, 0.5) is 5.82 Å². The number of amides is 1. The Kier molecular flexibility index (Phi) is 3.86. The van der Waals surface area contributed by atoms with Gasteiger partial charge in [0.2, 0.25) is 5.91 Å². The Morgan fingerprint density at radius 3 is 2.67 bits per heavy atom. The van der Waals surface area contributed by atoms with E-state index in [0.29, 0.717) is 12.2 Å². The highest BCUT2D eigenvalue weighted by Gasteiger charge is 2.04. The first-order chi connectivity index (χ1) is 8.78. The Morgan fingerprint density at radius 1 is 1.28 bits per heavy atom. The number of benzene rings is 1. The third kappa shape index (κ3) is 3.28. The zero-order valence-electron chi connectivity index (χ0n) is 9.96. The second-order valence-electron chi connectivity index (χ2n) is 3.67. The first-order valence-corrected chi connectivity index (χ1v) is 5.47. The smallest absolute Gasteiger partial charge is 0.229 e. The second-order valence-corrected chi connectivity index (χ2v) is 3.67. The summed E-state index contributed by atoms with van der Waals surface area (Å²) in [6, 6.07) is 9.02. The lowest BCUT2D eigenvalue weighted by Gasteiger charge is -2.05. The molecule has 2 rings (SSSR count). The molecule has 0 fully saturated rings. The molecule has 92 valence electrons. The van der Waals surface area contributed by atoms with Gasteiger partial charge in [-0.15, -0.1) is 0 Å². The summed E-state index contributed by atoms with van der Waals surface area (Å²) in [6.07, 6.45) is 3.27. The standard InChI is InChI=1S/C13H13N3O2/c1-18-11-4-2-10(3-5-11)8-13(17)16-12-6-7-14-9-15-12/h2-7,9H,8H2,1H3,(H,14,15,16,17). The Morgan fingerprint density at radius 2 is 2.06 bits per heavy atom. The van der Waals surface area contributed by atoms with E-state index in [9.17, 15) is 4.79 Å². The fraction of sp³-hybridized carbons (Fsp3) is 0.154. The lowest BCUT2D eigenvalue weighted by atomic mass is 10.1. The average Bonchev–Trinajstić information content (AvgIpc) is 2.40. The van der Waals surface area contributed by atoms with Crippen molar-refractivity contribution in [3.05, 3.63) is 48.4 Å². The van der Waals surface area contributed by atoms with Gasteiger partial charge in [0, 0.05) is 6.20 Å². The lowest BCUT2D eigenvalue weighted by Crippen LogP contribution is -2.15. The zero-order valence-corrected chi connectivity index (χ0v) is 9.96. The van der Waals surface area contributed by atoms with E-state index in [1.54, 1.807) is 19.4 Å². The number of aromatic nitrogens is 2. The van der Waals surface area contributed by atoms with Crippen molar-refractivity contribution in [2.75, 3.05) is 12.4 Å². The molecule has 5 heteroatoms. The van der Waals surface area contributed by atoms with Crippen LogP contribution >= 0.6 is 0 Å². The highest BCUT2D eigenvalue weighted by molar-refractivity contribution is 5.91. The van der Waals surface area contributed by atoms with Gasteiger partial charge in [-0.2, -0.15) is 0 Å². The van der Waals surface area contributed by atoms with Gasteiger partial charge in [0.1, 0.15) is 17.9 Å². The molecule has 0 atom stereocenters. The third-order valence-electron chi connectivity index (χ3n) is 2.37. The number of hydrogen-bond donors (Lipinski definition) is 1. The molecule has 18 heavy (non-hydrogen) atoms. The van der Waals surface area contributed by atoms with Gasteiger partial charge >= 0.3 is 0 Å². The maximum absolute atomic E-state index is 11.7. The quantitative estimate of drug-likeness (QED) is 0.887. The van der Waals surface area contributed by atoms with Crippen molar-refractivity contribution in [1.82, 2.24) is 9.97 Å². The van der Waals surface area contributed by atoms with E-state index in [1.165, 1.54) is 6.33 Å². The Balaban J connectivity index is 1.94. The largest absolute Gasteiger partial charge is 0.497 e. The van der Waals surface area contributed by atoms with Crippen molar-refractivity contribution >= 4 is 11.7 Å². The van der Waals surface area contributed by atoms with Crippen molar-refractivity contribution in [3.63, 3.8) is 0 Å². The van der Waals surface area contributed by atoms with Crippen molar-refractivity contribution in [1.29, 1.82) is 0 Å². The minimum Gasteiger partial charge on any atom is -0.497 e. The van der Waals surface area contributed by atoms with Crippen LogP contribution in [0.5, 0.6) is 5.75 Å². The van der Waals surface area contributed by atoms with Gasteiger partial charge in [0.15, 0.2) is 0 Å². The van der Waals surface area contributed by atoms with Gasteiger partial charge in [-0.1, -0.05) is 12.1 Å². The fourth-order valence-corrected chi connectivity index (χ4v) is 1.48. The number of anilines is 1. The summed E-state index contributed by atoms with van der Waals surface area (Å²) in [4.78, 5) is 19.4. The summed E-state index contributed by atoms with van der Waals surface area (Å²) in [6.45, 7) is 0. The Bertz CT molecular complexity index is 512. The highest BCUT2D eigenvalue weighted by Crippen LogP contribution is 2.12. The Hall–Kier alpha value is -2.43. The molecule has 5 nitrogen and oxygen atoms in total. The van der Waals surface area contributed by atoms with Crippen molar-refractivity contribution in [2.24, 2.45) is 0 Å². The summed E-state index contributed by atoms with van der Waals surface area (Å²) in [7, 11) is 1.61. The first kappa shape index (κ1) is 12.0. The molecule has 1 aromatic carbocycles. The first-order valence-electron chi connectivity index (χ1n) is 5.47. The molecule has 0 spiro atoms. The molecule has 0 aliphatic heterocycles. The van der Waals surface area contributed by atoms with Crippen LogP contribution in [0.2, 0.25) is 0 Å². The summed E-state index contributed by atoms with van der Waals surface area (Å²) in [5.41, 5.74) is 0.919. The van der Waals surface area contributed by atoms with Gasteiger partial charge < -0.3 is 10.1 Å². The fourth-order valence-electron chi connectivity index (χ4n) is 1.48. The van der Waals surface area contributed by atoms with Gasteiger partial charge in [-0.05, 0) is 23.8 Å². The maximum Gasteiger partial charge on any atom is 0.229 e. The molecule has 1 amide bonds. The molecule has 0 aliphatic rings. The Labute approximate surface area is 105 Å². The van der Waals surface area contributed by atoms with E-state index in [2.05, 4.69) is 15.3 Å². The molecule has 0 saturated carbocycles. The van der Waals surface area contributed by atoms with Gasteiger partial charge in [-0.3, -0.25) is 4.79 Å². The zero-order chi connectivity index (χ0) is 12.8. The van der Waals surface area contributed by atoms with Gasteiger partial charge in [-0.25, -0.2) is 9.97 Å². The van der Waals surface area contributed by atoms with Crippen molar-refractivity contribution in [2.45, 2.75) is 6.42 Å². The van der Waals surface area contributed by atoms with E-state index in [0.717, 1.165) is 11.3 Å². The molecule has 1 N–H and O–H groups in total. The number of methoxy groups -OCH3 is 1.